The van der Waals surface area contributed by atoms with Crippen LogP contribution in [0.5, 0.6) is 0 Å². The van der Waals surface area contributed by atoms with Crippen LogP contribution in [0.3, 0.4) is 0 Å². The Morgan fingerprint density at radius 2 is 2.31 bits per heavy atom. The minimum absolute atomic E-state index is 0.0128. The van der Waals surface area contributed by atoms with Gasteiger partial charge >= 0.3 is 0 Å². The van der Waals surface area contributed by atoms with Crippen LogP contribution in [0, 0.1) is 5.92 Å². The minimum atomic E-state index is 0.0128. The fourth-order valence-corrected chi connectivity index (χ4v) is 1.76. The summed E-state index contributed by atoms with van der Waals surface area (Å²) in [6, 6.07) is 0.0128. The lowest BCUT2D eigenvalue weighted by Crippen LogP contribution is -2.47. The second-order valence-electron chi connectivity index (χ2n) is 4.76. The normalized spacial score (nSPS) is 21.1. The Morgan fingerprint density at radius 3 is 2.94 bits per heavy atom. The zero-order chi connectivity index (χ0) is 11.8. The van der Waals surface area contributed by atoms with Gasteiger partial charge in [0.1, 0.15) is 0 Å². The topological polar surface area (TPSA) is 50.4 Å². The van der Waals surface area contributed by atoms with E-state index in [1.54, 1.807) is 0 Å². The number of ether oxygens (including phenoxy) is 1. The van der Waals surface area contributed by atoms with Crippen LogP contribution >= 0.6 is 0 Å². The van der Waals surface area contributed by atoms with Gasteiger partial charge in [0.15, 0.2) is 0 Å². The van der Waals surface area contributed by atoms with E-state index in [4.69, 9.17) is 4.74 Å². The van der Waals surface area contributed by atoms with Crippen molar-refractivity contribution in [2.45, 2.75) is 39.2 Å². The first kappa shape index (κ1) is 13.5. The van der Waals surface area contributed by atoms with E-state index < -0.39 is 0 Å². The van der Waals surface area contributed by atoms with Gasteiger partial charge in [0.05, 0.1) is 12.6 Å². The first-order chi connectivity index (χ1) is 7.70. The summed E-state index contributed by atoms with van der Waals surface area (Å²) in [6.07, 6.45) is 3.29. The number of rotatable bonds is 6. The van der Waals surface area contributed by atoms with Gasteiger partial charge < -0.3 is 15.4 Å². The van der Waals surface area contributed by atoms with E-state index in [0.29, 0.717) is 19.1 Å². The van der Waals surface area contributed by atoms with Gasteiger partial charge in [-0.25, -0.2) is 0 Å². The Labute approximate surface area is 98.1 Å². The summed E-state index contributed by atoms with van der Waals surface area (Å²) >= 11 is 0. The average molecular weight is 228 g/mol. The lowest BCUT2D eigenvalue weighted by atomic mass is 10.0. The molecule has 2 N–H and O–H groups in total. The van der Waals surface area contributed by atoms with E-state index in [-0.39, 0.29) is 11.9 Å². The van der Waals surface area contributed by atoms with E-state index in [0.717, 1.165) is 26.0 Å². The van der Waals surface area contributed by atoms with E-state index in [9.17, 15) is 4.79 Å². The quantitative estimate of drug-likeness (QED) is 0.665. The number of hydrogen-bond donors (Lipinski definition) is 2. The Hall–Kier alpha value is -0.610. The molecule has 0 radical (unpaired) electrons. The van der Waals surface area contributed by atoms with Crippen molar-refractivity contribution < 1.29 is 9.53 Å². The molecule has 1 aliphatic rings. The monoisotopic (exact) mass is 228 g/mol. The summed E-state index contributed by atoms with van der Waals surface area (Å²) in [6.45, 7) is 7.18. The van der Waals surface area contributed by atoms with Crippen LogP contribution in [-0.2, 0) is 9.53 Å². The lowest BCUT2D eigenvalue weighted by molar-refractivity contribution is -0.123. The molecule has 0 unspecified atom stereocenters. The maximum Gasteiger partial charge on any atom is 0.237 e. The zero-order valence-electron chi connectivity index (χ0n) is 10.4. The summed E-state index contributed by atoms with van der Waals surface area (Å²) in [4.78, 5) is 11.7. The number of nitrogens with one attached hydrogen (secondary N) is 2. The van der Waals surface area contributed by atoms with E-state index in [1.807, 2.05) is 0 Å². The first-order valence-electron chi connectivity index (χ1n) is 6.29. The minimum Gasteiger partial charge on any atom is -0.379 e. The highest BCUT2D eigenvalue weighted by Crippen LogP contribution is 2.06. The molecular weight excluding hydrogens is 204 g/mol. The fraction of sp³-hybridized carbons (Fsp3) is 0.917. The SMILES string of the molecule is CC(C)COCCNC(=O)[C@H]1CCCCN1. The highest BCUT2D eigenvalue weighted by atomic mass is 16.5. The second kappa shape index (κ2) is 7.63. The third-order valence-electron chi connectivity index (χ3n) is 2.62. The van der Waals surface area contributed by atoms with E-state index in [2.05, 4.69) is 24.5 Å². The standard InChI is InChI=1S/C12H24N2O2/c1-10(2)9-16-8-7-14-12(15)11-5-3-4-6-13-11/h10-11,13H,3-9H2,1-2H3,(H,14,15)/t11-/m1/s1. The lowest BCUT2D eigenvalue weighted by Gasteiger charge is -2.22. The van der Waals surface area contributed by atoms with Gasteiger partial charge in [0.25, 0.3) is 0 Å². The van der Waals surface area contributed by atoms with Crippen molar-refractivity contribution in [3.05, 3.63) is 0 Å². The largest absolute Gasteiger partial charge is 0.379 e. The van der Waals surface area contributed by atoms with Crippen molar-refractivity contribution in [1.82, 2.24) is 10.6 Å². The second-order valence-corrected chi connectivity index (χ2v) is 4.76. The predicted octanol–water partition coefficient (Wildman–Crippen LogP) is 0.917. The van der Waals surface area contributed by atoms with Gasteiger partial charge in [-0.2, -0.15) is 0 Å². The molecule has 1 fully saturated rings. The molecule has 1 aliphatic heterocycles. The number of carbonyl (C=O) groups excluding carboxylic acids is 1. The smallest absolute Gasteiger partial charge is 0.237 e. The number of carbonyl (C=O) groups is 1. The van der Waals surface area contributed by atoms with Crippen LogP contribution in [0.2, 0.25) is 0 Å². The summed E-state index contributed by atoms with van der Waals surface area (Å²) < 4.78 is 5.40. The number of hydrogen-bond acceptors (Lipinski definition) is 3. The molecule has 1 heterocycles. The van der Waals surface area contributed by atoms with E-state index in [1.165, 1.54) is 6.42 Å². The van der Waals surface area contributed by atoms with Gasteiger partial charge in [0, 0.05) is 13.2 Å². The van der Waals surface area contributed by atoms with Crippen molar-refractivity contribution in [3.63, 3.8) is 0 Å². The summed E-state index contributed by atoms with van der Waals surface area (Å²) in [5.74, 6) is 0.670. The molecule has 1 rings (SSSR count). The van der Waals surface area contributed by atoms with Gasteiger partial charge in [0.2, 0.25) is 5.91 Å². The molecule has 94 valence electrons. The molecule has 0 spiro atoms. The van der Waals surface area contributed by atoms with Crippen molar-refractivity contribution in [2.24, 2.45) is 5.92 Å². The number of piperidine rings is 1. The van der Waals surface area contributed by atoms with Crippen LogP contribution in [-0.4, -0.2) is 38.3 Å². The Kier molecular flexibility index (Phi) is 6.42. The molecule has 4 heteroatoms. The molecular formula is C12H24N2O2. The molecule has 0 aromatic heterocycles. The third kappa shape index (κ3) is 5.47. The molecule has 1 atom stereocenters. The zero-order valence-corrected chi connectivity index (χ0v) is 10.4. The summed E-state index contributed by atoms with van der Waals surface area (Å²) in [5, 5.41) is 6.12. The Morgan fingerprint density at radius 1 is 1.50 bits per heavy atom. The predicted molar refractivity (Wildman–Crippen MR) is 64.3 cm³/mol. The van der Waals surface area contributed by atoms with Gasteiger partial charge in [-0.1, -0.05) is 20.3 Å². The van der Waals surface area contributed by atoms with Crippen molar-refractivity contribution in [1.29, 1.82) is 0 Å². The molecule has 4 nitrogen and oxygen atoms in total. The van der Waals surface area contributed by atoms with Crippen LogP contribution < -0.4 is 10.6 Å². The Bertz CT molecular complexity index is 201. The van der Waals surface area contributed by atoms with Gasteiger partial charge in [-0.3, -0.25) is 4.79 Å². The van der Waals surface area contributed by atoms with E-state index >= 15 is 0 Å². The van der Waals surface area contributed by atoms with Crippen molar-refractivity contribution >= 4 is 5.91 Å². The highest BCUT2D eigenvalue weighted by Gasteiger charge is 2.19. The molecule has 16 heavy (non-hydrogen) atoms. The summed E-state index contributed by atoms with van der Waals surface area (Å²) in [7, 11) is 0. The first-order valence-corrected chi connectivity index (χ1v) is 6.29. The van der Waals surface area contributed by atoms with Crippen molar-refractivity contribution in [2.75, 3.05) is 26.3 Å². The third-order valence-corrected chi connectivity index (χ3v) is 2.62. The number of amides is 1. The highest BCUT2D eigenvalue weighted by molar-refractivity contribution is 5.81. The molecule has 0 aromatic rings. The molecule has 1 saturated heterocycles. The maximum absolute atomic E-state index is 11.7. The average Bonchev–Trinajstić information content (AvgIpc) is 2.29. The molecule has 0 aromatic carbocycles. The fourth-order valence-electron chi connectivity index (χ4n) is 1.76. The molecule has 0 bridgehead atoms. The van der Waals surface area contributed by atoms with Gasteiger partial charge in [-0.05, 0) is 25.3 Å². The van der Waals surface area contributed by atoms with Crippen LogP contribution in [0.1, 0.15) is 33.1 Å². The Balaban J connectivity index is 2.01. The maximum atomic E-state index is 11.7. The molecule has 0 aliphatic carbocycles. The van der Waals surface area contributed by atoms with Crippen LogP contribution in [0.15, 0.2) is 0 Å². The van der Waals surface area contributed by atoms with Crippen LogP contribution in [0.25, 0.3) is 0 Å². The van der Waals surface area contributed by atoms with Crippen LogP contribution in [0.4, 0.5) is 0 Å². The summed E-state index contributed by atoms with van der Waals surface area (Å²) in [5.41, 5.74) is 0. The molecule has 1 amide bonds. The van der Waals surface area contributed by atoms with Crippen molar-refractivity contribution in [3.8, 4) is 0 Å². The van der Waals surface area contributed by atoms with Gasteiger partial charge in [-0.15, -0.1) is 0 Å². The molecule has 0 saturated carbocycles.